The average Bonchev–Trinajstić information content (AvgIpc) is 2.97. The Labute approximate surface area is 172 Å². The van der Waals surface area contributed by atoms with Crippen molar-refractivity contribution in [1.29, 1.82) is 0 Å². The summed E-state index contributed by atoms with van der Waals surface area (Å²) < 4.78 is 10.6. The van der Waals surface area contributed by atoms with Gasteiger partial charge in [0, 0.05) is 37.8 Å². The lowest BCUT2D eigenvalue weighted by molar-refractivity contribution is -0.148. The molecule has 7 nitrogen and oxygen atoms in total. The minimum Gasteiger partial charge on any atom is -0.497 e. The lowest BCUT2D eigenvalue weighted by Gasteiger charge is -2.39. The summed E-state index contributed by atoms with van der Waals surface area (Å²) in [5.74, 6) is 1.03. The molecule has 0 spiro atoms. The maximum Gasteiger partial charge on any atom is 0.253 e. The van der Waals surface area contributed by atoms with Crippen molar-refractivity contribution in [3.63, 3.8) is 0 Å². The fourth-order valence-electron chi connectivity index (χ4n) is 5.19. The van der Waals surface area contributed by atoms with Crippen LogP contribution >= 0.6 is 0 Å². The highest BCUT2D eigenvalue weighted by atomic mass is 16.5. The molecule has 0 radical (unpaired) electrons. The highest BCUT2D eigenvalue weighted by Gasteiger charge is 2.54. The molecule has 2 atom stereocenters. The van der Waals surface area contributed by atoms with Crippen molar-refractivity contribution in [3.8, 4) is 5.75 Å². The van der Waals surface area contributed by atoms with Gasteiger partial charge >= 0.3 is 0 Å². The van der Waals surface area contributed by atoms with Gasteiger partial charge in [0.05, 0.1) is 25.7 Å². The van der Waals surface area contributed by atoms with Crippen LogP contribution in [0.3, 0.4) is 0 Å². The number of ether oxygens (including phenoxy) is 2. The molecule has 7 heteroatoms. The van der Waals surface area contributed by atoms with E-state index < -0.39 is 0 Å². The maximum atomic E-state index is 13.6. The molecule has 0 aromatic heterocycles. The van der Waals surface area contributed by atoms with E-state index in [4.69, 9.17) is 9.47 Å². The van der Waals surface area contributed by atoms with E-state index in [1.807, 2.05) is 34.1 Å². The van der Waals surface area contributed by atoms with Crippen molar-refractivity contribution in [3.05, 3.63) is 29.8 Å². The standard InChI is InChI=1S/C22H31N3O4/c1-23-11-8-22(21(27)25-13-15-29-16-14-25)9-12-24(10-7-19(22)23)20(26)17-3-5-18(28-2)6-4-17/h3-6,19H,7-16H2,1-2H3/t19-,22-/m0/s1. The number of carbonyl (C=O) groups excluding carboxylic acids is 2. The Bertz CT molecular complexity index is 747. The van der Waals surface area contributed by atoms with Gasteiger partial charge in [0.15, 0.2) is 0 Å². The molecule has 2 amide bonds. The first-order valence-corrected chi connectivity index (χ1v) is 10.6. The first-order chi connectivity index (χ1) is 14.0. The fraction of sp³-hybridized carbons (Fsp3) is 0.636. The molecule has 3 fully saturated rings. The number of rotatable bonds is 3. The van der Waals surface area contributed by atoms with Gasteiger partial charge in [0.2, 0.25) is 5.91 Å². The van der Waals surface area contributed by atoms with Gasteiger partial charge in [-0.05, 0) is 57.1 Å². The van der Waals surface area contributed by atoms with E-state index in [-0.39, 0.29) is 23.3 Å². The molecule has 0 bridgehead atoms. The number of likely N-dealkylation sites (tertiary alicyclic amines) is 2. The lowest BCUT2D eigenvalue weighted by atomic mass is 9.75. The number of hydrogen-bond donors (Lipinski definition) is 0. The van der Waals surface area contributed by atoms with Gasteiger partial charge < -0.3 is 24.2 Å². The third-order valence-corrected chi connectivity index (χ3v) is 6.93. The zero-order valence-electron chi connectivity index (χ0n) is 17.4. The largest absolute Gasteiger partial charge is 0.497 e. The first kappa shape index (κ1) is 20.2. The van der Waals surface area contributed by atoms with Crippen LogP contribution in [0.2, 0.25) is 0 Å². The third-order valence-electron chi connectivity index (χ3n) is 6.93. The molecule has 0 saturated carbocycles. The summed E-state index contributed by atoms with van der Waals surface area (Å²) in [6, 6.07) is 7.45. The van der Waals surface area contributed by atoms with Crippen LogP contribution in [-0.4, -0.2) is 92.7 Å². The highest BCUT2D eigenvalue weighted by Crippen LogP contribution is 2.44. The molecule has 1 aromatic rings. The Balaban J connectivity index is 1.52. The van der Waals surface area contributed by atoms with Crippen LogP contribution in [0, 0.1) is 5.41 Å². The van der Waals surface area contributed by atoms with Gasteiger partial charge in [0.1, 0.15) is 5.75 Å². The lowest BCUT2D eigenvalue weighted by Crippen LogP contribution is -2.53. The summed E-state index contributed by atoms with van der Waals surface area (Å²) in [6.07, 6.45) is 2.42. The van der Waals surface area contributed by atoms with Crippen molar-refractivity contribution in [1.82, 2.24) is 14.7 Å². The van der Waals surface area contributed by atoms with Gasteiger partial charge in [-0.25, -0.2) is 0 Å². The van der Waals surface area contributed by atoms with Gasteiger partial charge in [-0.15, -0.1) is 0 Å². The number of methoxy groups -OCH3 is 1. The van der Waals surface area contributed by atoms with Gasteiger partial charge in [0.25, 0.3) is 5.91 Å². The van der Waals surface area contributed by atoms with E-state index in [2.05, 4.69) is 11.9 Å². The molecule has 3 heterocycles. The van der Waals surface area contributed by atoms with Crippen LogP contribution in [0.5, 0.6) is 5.75 Å². The second-order valence-electron chi connectivity index (χ2n) is 8.37. The average molecular weight is 402 g/mol. The summed E-state index contributed by atoms with van der Waals surface area (Å²) in [5.41, 5.74) is 0.279. The number of morpholine rings is 1. The molecule has 0 aliphatic carbocycles. The van der Waals surface area contributed by atoms with E-state index in [1.54, 1.807) is 7.11 Å². The van der Waals surface area contributed by atoms with Gasteiger partial charge in [-0.2, -0.15) is 0 Å². The minimum atomic E-state index is -0.388. The summed E-state index contributed by atoms with van der Waals surface area (Å²) >= 11 is 0. The quantitative estimate of drug-likeness (QED) is 0.768. The molecule has 3 aliphatic rings. The number of carbonyl (C=O) groups is 2. The van der Waals surface area contributed by atoms with Gasteiger partial charge in [-0.3, -0.25) is 9.59 Å². The fourth-order valence-corrected chi connectivity index (χ4v) is 5.19. The normalized spacial score (nSPS) is 28.0. The third kappa shape index (κ3) is 3.73. The summed E-state index contributed by atoms with van der Waals surface area (Å²) in [6.45, 7) is 4.81. The van der Waals surface area contributed by atoms with Crippen LogP contribution < -0.4 is 4.74 Å². The van der Waals surface area contributed by atoms with E-state index in [0.29, 0.717) is 45.0 Å². The molecular weight excluding hydrogens is 370 g/mol. The number of fused-ring (bicyclic) bond motifs is 1. The SMILES string of the molecule is COc1ccc(C(=O)N2CC[C@@H]3N(C)CC[C@]3(C(=O)N3CCOCC3)CC2)cc1. The van der Waals surface area contributed by atoms with Crippen molar-refractivity contribution < 1.29 is 19.1 Å². The van der Waals surface area contributed by atoms with E-state index >= 15 is 0 Å². The summed E-state index contributed by atoms with van der Waals surface area (Å²) in [4.78, 5) is 32.9. The monoisotopic (exact) mass is 401 g/mol. The zero-order chi connectivity index (χ0) is 20.4. The number of benzene rings is 1. The molecule has 4 rings (SSSR count). The first-order valence-electron chi connectivity index (χ1n) is 10.6. The second-order valence-corrected chi connectivity index (χ2v) is 8.37. The Morgan fingerprint density at radius 2 is 1.69 bits per heavy atom. The molecule has 158 valence electrons. The van der Waals surface area contributed by atoms with Crippen LogP contribution in [0.25, 0.3) is 0 Å². The van der Waals surface area contributed by atoms with E-state index in [1.165, 1.54) is 0 Å². The predicted molar refractivity (Wildman–Crippen MR) is 109 cm³/mol. The summed E-state index contributed by atoms with van der Waals surface area (Å²) in [5, 5.41) is 0. The van der Waals surface area contributed by atoms with Crippen molar-refractivity contribution in [2.45, 2.75) is 25.3 Å². The van der Waals surface area contributed by atoms with Crippen molar-refractivity contribution in [2.24, 2.45) is 5.41 Å². The Hall–Kier alpha value is -2.12. The van der Waals surface area contributed by atoms with Crippen LogP contribution in [0.4, 0.5) is 0 Å². The molecule has 3 aliphatic heterocycles. The Morgan fingerprint density at radius 1 is 1.00 bits per heavy atom. The highest BCUT2D eigenvalue weighted by molar-refractivity contribution is 5.94. The van der Waals surface area contributed by atoms with E-state index in [9.17, 15) is 9.59 Å². The molecule has 3 saturated heterocycles. The molecule has 1 aromatic carbocycles. The summed E-state index contributed by atoms with van der Waals surface area (Å²) in [7, 11) is 3.73. The van der Waals surface area contributed by atoms with Crippen LogP contribution in [-0.2, 0) is 9.53 Å². The smallest absolute Gasteiger partial charge is 0.253 e. The van der Waals surface area contributed by atoms with Gasteiger partial charge in [-0.1, -0.05) is 0 Å². The van der Waals surface area contributed by atoms with Crippen LogP contribution in [0.1, 0.15) is 29.6 Å². The predicted octanol–water partition coefficient (Wildman–Crippen LogP) is 1.48. The number of nitrogens with zero attached hydrogens (tertiary/aromatic N) is 3. The maximum absolute atomic E-state index is 13.6. The van der Waals surface area contributed by atoms with E-state index in [0.717, 1.165) is 31.6 Å². The van der Waals surface area contributed by atoms with Crippen molar-refractivity contribution in [2.75, 3.05) is 60.1 Å². The minimum absolute atomic E-state index is 0.0317. The zero-order valence-corrected chi connectivity index (χ0v) is 17.4. The topological polar surface area (TPSA) is 62.3 Å². The van der Waals surface area contributed by atoms with Crippen LogP contribution in [0.15, 0.2) is 24.3 Å². The second kappa shape index (κ2) is 8.32. The number of hydrogen-bond acceptors (Lipinski definition) is 5. The Morgan fingerprint density at radius 3 is 2.38 bits per heavy atom. The number of amides is 2. The molecule has 0 unspecified atom stereocenters. The molecule has 29 heavy (non-hydrogen) atoms. The molecular formula is C22H31N3O4. The Kier molecular flexibility index (Phi) is 5.79. The van der Waals surface area contributed by atoms with Crippen molar-refractivity contribution >= 4 is 11.8 Å². The molecule has 0 N–H and O–H groups in total.